The molecule has 1 aromatic rings. The average Bonchev–Trinajstić information content (AvgIpc) is 3.16. The van der Waals surface area contributed by atoms with Crippen molar-refractivity contribution in [2.75, 3.05) is 19.5 Å². The van der Waals surface area contributed by atoms with Crippen molar-refractivity contribution in [3.63, 3.8) is 0 Å². The van der Waals surface area contributed by atoms with Crippen molar-refractivity contribution < 1.29 is 68.4 Å². The SMILES string of the molecule is CO[C@@](NC(=O)Cc1cccs1)(C(=O)O)[C@@H]1NC(C(=O)[O-])=C(COC(N)=O)CS1.[Na+]. The maximum absolute atomic E-state index is 12.4. The van der Waals surface area contributed by atoms with Gasteiger partial charge in [0.05, 0.1) is 18.1 Å². The van der Waals surface area contributed by atoms with Crippen molar-refractivity contribution >= 4 is 47.0 Å². The van der Waals surface area contributed by atoms with Gasteiger partial charge in [-0.05, 0) is 11.4 Å². The first-order chi connectivity index (χ1) is 13.7. The van der Waals surface area contributed by atoms with E-state index >= 15 is 0 Å². The number of carboxylic acid groups (broad SMARTS) is 2. The van der Waals surface area contributed by atoms with Crippen LogP contribution in [0.5, 0.6) is 0 Å². The molecular formula is C16H18N3NaO8S2. The second-order valence-corrected chi connectivity index (χ2v) is 7.88. The summed E-state index contributed by atoms with van der Waals surface area (Å²) in [5.74, 6) is -3.83. The number of hydrogen-bond acceptors (Lipinski definition) is 10. The standard InChI is InChI=1S/C16H19N3O8S2.Na/c1-26-16(14(23)24,19-10(20)5-9-3-2-4-28-9)13-18-11(12(21)22)8(7-29-13)6-27-15(17)25;/h2-4,13,18H,5-7H2,1H3,(H2,17,25)(H,19,20)(H,21,22)(H,23,24);/q;+1/p-1/t13-,16-;/m1./s1. The van der Waals surface area contributed by atoms with Gasteiger partial charge in [0, 0.05) is 23.3 Å². The summed E-state index contributed by atoms with van der Waals surface area (Å²) in [5, 5.41) is 26.6. The number of nitrogens with one attached hydrogen (secondary N) is 2. The monoisotopic (exact) mass is 467 g/mol. The summed E-state index contributed by atoms with van der Waals surface area (Å²) in [5.41, 5.74) is 2.28. The first-order valence-corrected chi connectivity index (χ1v) is 9.98. The van der Waals surface area contributed by atoms with Gasteiger partial charge in [-0.1, -0.05) is 6.07 Å². The number of nitrogens with two attached hydrogens (primary N) is 1. The van der Waals surface area contributed by atoms with Gasteiger partial charge in [0.2, 0.25) is 5.91 Å². The Morgan fingerprint density at radius 2 is 2.13 bits per heavy atom. The molecule has 1 aromatic heterocycles. The Morgan fingerprint density at radius 3 is 2.63 bits per heavy atom. The number of methoxy groups -OCH3 is 1. The summed E-state index contributed by atoms with van der Waals surface area (Å²) < 4.78 is 9.74. The number of thioether (sulfide) groups is 1. The van der Waals surface area contributed by atoms with Crippen LogP contribution in [0.15, 0.2) is 28.8 Å². The summed E-state index contributed by atoms with van der Waals surface area (Å²) in [4.78, 5) is 47.4. The number of hydrogen-bond donors (Lipinski definition) is 4. The van der Waals surface area contributed by atoms with Crippen LogP contribution in [-0.4, -0.2) is 59.6 Å². The van der Waals surface area contributed by atoms with Crippen molar-refractivity contribution in [1.29, 1.82) is 0 Å². The van der Waals surface area contributed by atoms with Gasteiger partial charge in [0.1, 0.15) is 12.0 Å². The van der Waals surface area contributed by atoms with E-state index in [4.69, 9.17) is 10.5 Å². The molecular weight excluding hydrogens is 449 g/mol. The van der Waals surface area contributed by atoms with E-state index in [9.17, 15) is 29.4 Å². The largest absolute Gasteiger partial charge is 1.00 e. The molecule has 11 nitrogen and oxygen atoms in total. The van der Waals surface area contributed by atoms with Crippen LogP contribution in [0.1, 0.15) is 4.88 Å². The van der Waals surface area contributed by atoms with Gasteiger partial charge in [-0.15, -0.1) is 23.1 Å². The van der Waals surface area contributed by atoms with E-state index in [0.29, 0.717) is 4.88 Å². The van der Waals surface area contributed by atoms with E-state index in [1.165, 1.54) is 11.3 Å². The molecule has 2 amide bonds. The maximum atomic E-state index is 12.4. The van der Waals surface area contributed by atoms with Crippen molar-refractivity contribution in [3.8, 4) is 0 Å². The zero-order chi connectivity index (χ0) is 21.6. The Kier molecular flexibility index (Phi) is 10.1. The van der Waals surface area contributed by atoms with Gasteiger partial charge in [-0.25, -0.2) is 9.59 Å². The second-order valence-electron chi connectivity index (χ2n) is 5.76. The van der Waals surface area contributed by atoms with Gasteiger partial charge < -0.3 is 40.8 Å². The quantitative estimate of drug-likeness (QED) is 0.205. The Balaban J connectivity index is 0.00000450. The topological polar surface area (TPSA) is 180 Å². The average molecular weight is 467 g/mol. The van der Waals surface area contributed by atoms with Crippen LogP contribution < -0.4 is 51.0 Å². The van der Waals surface area contributed by atoms with Gasteiger partial charge in [-0.3, -0.25) is 4.79 Å². The molecule has 0 bridgehead atoms. The zero-order valence-electron chi connectivity index (χ0n) is 16.1. The maximum Gasteiger partial charge on any atom is 1.00 e. The minimum absolute atomic E-state index is 0. The molecule has 0 spiro atoms. The fourth-order valence-electron chi connectivity index (χ4n) is 2.52. The van der Waals surface area contributed by atoms with Crippen LogP contribution in [0.4, 0.5) is 4.79 Å². The van der Waals surface area contributed by atoms with Crippen molar-refractivity contribution in [2.45, 2.75) is 17.5 Å². The predicted octanol–water partition coefficient (Wildman–Crippen LogP) is -4.40. The van der Waals surface area contributed by atoms with Gasteiger partial charge in [0.25, 0.3) is 5.72 Å². The van der Waals surface area contributed by atoms with Crippen molar-refractivity contribution in [1.82, 2.24) is 10.6 Å². The van der Waals surface area contributed by atoms with Crippen molar-refractivity contribution in [2.24, 2.45) is 5.73 Å². The van der Waals surface area contributed by atoms with Crippen molar-refractivity contribution in [3.05, 3.63) is 33.7 Å². The zero-order valence-corrected chi connectivity index (χ0v) is 19.8. The van der Waals surface area contributed by atoms with Crippen LogP contribution in [0.25, 0.3) is 0 Å². The first-order valence-electron chi connectivity index (χ1n) is 8.05. The smallest absolute Gasteiger partial charge is 0.543 e. The summed E-state index contributed by atoms with van der Waals surface area (Å²) in [6.07, 6.45) is -1.17. The summed E-state index contributed by atoms with van der Waals surface area (Å²) >= 11 is 2.27. The van der Waals surface area contributed by atoms with Crippen LogP contribution in [-0.2, 0) is 30.3 Å². The molecule has 0 radical (unpaired) electrons. The summed E-state index contributed by atoms with van der Waals surface area (Å²) in [6, 6.07) is 3.47. The number of carbonyl (C=O) groups excluding carboxylic acids is 3. The molecule has 30 heavy (non-hydrogen) atoms. The molecule has 0 aromatic carbocycles. The second kappa shape index (κ2) is 11.6. The Hall–Kier alpha value is -1.77. The molecule has 2 rings (SSSR count). The van der Waals surface area contributed by atoms with E-state index < -0.39 is 47.3 Å². The van der Waals surface area contributed by atoms with Crippen LogP contribution in [0.3, 0.4) is 0 Å². The third-order valence-corrected chi connectivity index (χ3v) is 6.07. The third-order valence-electron chi connectivity index (χ3n) is 3.89. The number of amides is 2. The number of rotatable bonds is 9. The fraction of sp³-hybridized carbons (Fsp3) is 0.375. The molecule has 14 heteroatoms. The van der Waals surface area contributed by atoms with Gasteiger partial charge in [0.15, 0.2) is 0 Å². The molecule has 2 atom stereocenters. The molecule has 0 saturated carbocycles. The summed E-state index contributed by atoms with van der Waals surface area (Å²) in [7, 11) is 1.08. The van der Waals surface area contributed by atoms with Crippen LogP contribution in [0.2, 0.25) is 0 Å². The minimum Gasteiger partial charge on any atom is -0.543 e. The molecule has 0 saturated heterocycles. The van der Waals surface area contributed by atoms with Crippen LogP contribution >= 0.6 is 23.1 Å². The van der Waals surface area contributed by atoms with E-state index in [-0.39, 0.29) is 47.3 Å². The molecule has 0 aliphatic carbocycles. The molecule has 1 aliphatic rings. The fourth-order valence-corrected chi connectivity index (χ4v) is 4.52. The molecule has 5 N–H and O–H groups in total. The molecule has 2 heterocycles. The molecule has 0 unspecified atom stereocenters. The number of thiophene rings is 1. The number of carbonyl (C=O) groups is 4. The Morgan fingerprint density at radius 1 is 1.43 bits per heavy atom. The summed E-state index contributed by atoms with van der Waals surface area (Å²) in [6.45, 7) is -0.414. The Labute approximate surface area is 201 Å². The number of aliphatic carboxylic acids is 2. The number of primary amides is 1. The van der Waals surface area contributed by atoms with E-state index in [2.05, 4.69) is 15.4 Å². The Bertz CT molecular complexity index is 832. The van der Waals surface area contributed by atoms with Gasteiger partial charge >= 0.3 is 41.6 Å². The third kappa shape index (κ3) is 6.36. The van der Waals surface area contributed by atoms with E-state index in [1.54, 1.807) is 17.5 Å². The van der Waals surface area contributed by atoms with Crippen LogP contribution in [0, 0.1) is 0 Å². The first kappa shape index (κ1) is 26.3. The minimum atomic E-state index is -2.27. The van der Waals surface area contributed by atoms with E-state index in [0.717, 1.165) is 18.9 Å². The number of carboxylic acids is 2. The van der Waals surface area contributed by atoms with Gasteiger partial charge in [-0.2, -0.15) is 0 Å². The normalized spacial score (nSPS) is 17.7. The molecule has 1 aliphatic heterocycles. The number of ether oxygens (including phenoxy) is 2. The molecule has 158 valence electrons. The van der Waals surface area contributed by atoms with E-state index in [1.807, 2.05) is 0 Å². The predicted molar refractivity (Wildman–Crippen MR) is 100 cm³/mol. The molecule has 0 fully saturated rings.